The zero-order valence-corrected chi connectivity index (χ0v) is 11.9. The Morgan fingerprint density at radius 2 is 1.10 bits per heavy atom. The molecule has 0 bridgehead atoms. The van der Waals surface area contributed by atoms with Crippen LogP contribution in [0.15, 0.2) is 24.3 Å². The van der Waals surface area contributed by atoms with Gasteiger partial charge in [0, 0.05) is 14.2 Å². The van der Waals surface area contributed by atoms with Crippen molar-refractivity contribution < 1.29 is 28.5 Å². The first-order valence-corrected chi connectivity index (χ1v) is 6.05. The van der Waals surface area contributed by atoms with Crippen LogP contribution in [0.3, 0.4) is 0 Å². The van der Waals surface area contributed by atoms with Gasteiger partial charge < -0.3 is 18.9 Å². The predicted molar refractivity (Wildman–Crippen MR) is 70.2 cm³/mol. The standard InChI is InChI=1S/C14H18O6/c1-9(17-3)19-13(15)11-5-7-12(8-6-11)14(16)20-10(2)18-4/h5-10H,1-4H3. The van der Waals surface area contributed by atoms with Crippen molar-refractivity contribution in [2.45, 2.75) is 26.4 Å². The molecule has 0 saturated heterocycles. The van der Waals surface area contributed by atoms with E-state index in [4.69, 9.17) is 18.9 Å². The molecule has 0 fully saturated rings. The van der Waals surface area contributed by atoms with E-state index >= 15 is 0 Å². The summed E-state index contributed by atoms with van der Waals surface area (Å²) in [6.45, 7) is 3.21. The number of carbonyl (C=O) groups is 2. The van der Waals surface area contributed by atoms with Gasteiger partial charge in [-0.2, -0.15) is 0 Å². The summed E-state index contributed by atoms with van der Waals surface area (Å²) < 4.78 is 19.6. The number of rotatable bonds is 6. The molecule has 1 aromatic carbocycles. The minimum Gasteiger partial charge on any atom is -0.432 e. The number of benzene rings is 1. The second kappa shape index (κ2) is 7.62. The molecule has 20 heavy (non-hydrogen) atoms. The van der Waals surface area contributed by atoms with Gasteiger partial charge in [-0.25, -0.2) is 9.59 Å². The summed E-state index contributed by atoms with van der Waals surface area (Å²) >= 11 is 0. The van der Waals surface area contributed by atoms with Gasteiger partial charge in [0.2, 0.25) is 0 Å². The van der Waals surface area contributed by atoms with Crippen LogP contribution in [-0.2, 0) is 18.9 Å². The van der Waals surface area contributed by atoms with Gasteiger partial charge >= 0.3 is 11.9 Å². The summed E-state index contributed by atoms with van der Waals surface area (Å²) in [4.78, 5) is 23.4. The highest BCUT2D eigenvalue weighted by Crippen LogP contribution is 2.10. The highest BCUT2D eigenvalue weighted by Gasteiger charge is 2.14. The first-order chi connectivity index (χ1) is 9.47. The molecule has 0 aliphatic carbocycles. The minimum atomic E-state index is -0.630. The van der Waals surface area contributed by atoms with Gasteiger partial charge in [-0.3, -0.25) is 0 Å². The quantitative estimate of drug-likeness (QED) is 0.587. The first-order valence-electron chi connectivity index (χ1n) is 6.05. The van der Waals surface area contributed by atoms with Crippen molar-refractivity contribution in [1.82, 2.24) is 0 Å². The van der Waals surface area contributed by atoms with Gasteiger partial charge in [-0.1, -0.05) is 0 Å². The van der Waals surface area contributed by atoms with E-state index in [9.17, 15) is 9.59 Å². The lowest BCUT2D eigenvalue weighted by atomic mass is 10.1. The summed E-state index contributed by atoms with van der Waals surface area (Å²) in [5, 5.41) is 0. The highest BCUT2D eigenvalue weighted by atomic mass is 16.7. The van der Waals surface area contributed by atoms with Crippen LogP contribution in [0.2, 0.25) is 0 Å². The van der Waals surface area contributed by atoms with E-state index in [2.05, 4.69) is 0 Å². The molecule has 110 valence electrons. The number of hydrogen-bond acceptors (Lipinski definition) is 6. The maximum atomic E-state index is 11.7. The van der Waals surface area contributed by atoms with Crippen LogP contribution >= 0.6 is 0 Å². The fourth-order valence-corrected chi connectivity index (χ4v) is 1.28. The molecule has 1 aromatic rings. The molecule has 0 radical (unpaired) electrons. The number of hydrogen-bond donors (Lipinski definition) is 0. The van der Waals surface area contributed by atoms with Crippen LogP contribution in [0.5, 0.6) is 0 Å². The normalized spacial score (nSPS) is 13.4. The van der Waals surface area contributed by atoms with Crippen LogP contribution < -0.4 is 0 Å². The molecule has 6 nitrogen and oxygen atoms in total. The highest BCUT2D eigenvalue weighted by molar-refractivity contribution is 5.93. The predicted octanol–water partition coefficient (Wildman–Crippen LogP) is 1.99. The molecule has 0 amide bonds. The van der Waals surface area contributed by atoms with E-state index in [1.54, 1.807) is 13.8 Å². The van der Waals surface area contributed by atoms with Gasteiger partial charge in [0.1, 0.15) is 0 Å². The van der Waals surface area contributed by atoms with Gasteiger partial charge in [0.05, 0.1) is 11.1 Å². The smallest absolute Gasteiger partial charge is 0.340 e. The Labute approximate surface area is 117 Å². The molecule has 6 heteroatoms. The van der Waals surface area contributed by atoms with Crippen molar-refractivity contribution in [3.63, 3.8) is 0 Å². The van der Waals surface area contributed by atoms with E-state index in [1.807, 2.05) is 0 Å². The molecule has 0 N–H and O–H groups in total. The second-order valence-corrected chi connectivity index (χ2v) is 3.99. The summed E-state index contributed by atoms with van der Waals surface area (Å²) in [6, 6.07) is 5.94. The number of ether oxygens (including phenoxy) is 4. The lowest BCUT2D eigenvalue weighted by Gasteiger charge is -2.12. The Kier molecular flexibility index (Phi) is 6.14. The van der Waals surface area contributed by atoms with Crippen LogP contribution in [0.1, 0.15) is 34.6 Å². The lowest BCUT2D eigenvalue weighted by molar-refractivity contribution is -0.0783. The Morgan fingerprint density at radius 3 is 1.35 bits per heavy atom. The van der Waals surface area contributed by atoms with Crippen molar-refractivity contribution in [2.75, 3.05) is 14.2 Å². The number of carbonyl (C=O) groups excluding carboxylic acids is 2. The SMILES string of the molecule is COC(C)OC(=O)c1ccc(C(=O)OC(C)OC)cc1. The Morgan fingerprint density at radius 1 is 0.800 bits per heavy atom. The van der Waals surface area contributed by atoms with Crippen molar-refractivity contribution in [3.05, 3.63) is 35.4 Å². The van der Waals surface area contributed by atoms with Gasteiger partial charge in [-0.15, -0.1) is 0 Å². The first kappa shape index (κ1) is 16.1. The zero-order chi connectivity index (χ0) is 15.1. The Bertz CT molecular complexity index is 410. The van der Waals surface area contributed by atoms with Crippen LogP contribution in [0.4, 0.5) is 0 Å². The van der Waals surface area contributed by atoms with E-state index in [0.29, 0.717) is 11.1 Å². The number of methoxy groups -OCH3 is 2. The van der Waals surface area contributed by atoms with Crippen LogP contribution in [-0.4, -0.2) is 38.7 Å². The van der Waals surface area contributed by atoms with Crippen LogP contribution in [0, 0.1) is 0 Å². The minimum absolute atomic E-state index is 0.324. The maximum Gasteiger partial charge on any atom is 0.340 e. The zero-order valence-electron chi connectivity index (χ0n) is 11.9. The van der Waals surface area contributed by atoms with Crippen molar-refractivity contribution in [2.24, 2.45) is 0 Å². The number of esters is 2. The molecule has 0 aliphatic heterocycles. The molecule has 0 aromatic heterocycles. The maximum absolute atomic E-state index is 11.7. The van der Waals surface area contributed by atoms with Gasteiger partial charge in [-0.05, 0) is 38.1 Å². The molecule has 1 rings (SSSR count). The van der Waals surface area contributed by atoms with Gasteiger partial charge in [0.25, 0.3) is 0 Å². The fourth-order valence-electron chi connectivity index (χ4n) is 1.28. The van der Waals surface area contributed by atoms with E-state index in [-0.39, 0.29) is 0 Å². The fraction of sp³-hybridized carbons (Fsp3) is 0.429. The molecule has 0 heterocycles. The van der Waals surface area contributed by atoms with Gasteiger partial charge in [0.15, 0.2) is 12.6 Å². The van der Waals surface area contributed by atoms with Crippen molar-refractivity contribution in [1.29, 1.82) is 0 Å². The molecule has 0 saturated carbocycles. The monoisotopic (exact) mass is 282 g/mol. The van der Waals surface area contributed by atoms with Crippen LogP contribution in [0.25, 0.3) is 0 Å². The summed E-state index contributed by atoms with van der Waals surface area (Å²) in [6.07, 6.45) is -1.26. The second-order valence-electron chi connectivity index (χ2n) is 3.99. The third kappa shape index (κ3) is 4.64. The molecule has 2 unspecified atom stereocenters. The molecular formula is C14H18O6. The topological polar surface area (TPSA) is 71.1 Å². The largest absolute Gasteiger partial charge is 0.432 e. The Balaban J connectivity index is 2.68. The Hall–Kier alpha value is -1.92. The van der Waals surface area contributed by atoms with E-state index in [1.165, 1.54) is 38.5 Å². The van der Waals surface area contributed by atoms with Crippen molar-refractivity contribution in [3.8, 4) is 0 Å². The molecule has 0 spiro atoms. The lowest BCUT2D eigenvalue weighted by Crippen LogP contribution is -2.18. The van der Waals surface area contributed by atoms with Crippen molar-refractivity contribution >= 4 is 11.9 Å². The summed E-state index contributed by atoms with van der Waals surface area (Å²) in [7, 11) is 2.88. The molecule has 0 aliphatic rings. The van der Waals surface area contributed by atoms with E-state index in [0.717, 1.165) is 0 Å². The third-order valence-corrected chi connectivity index (χ3v) is 2.57. The average Bonchev–Trinajstić information content (AvgIpc) is 2.46. The molecule has 2 atom stereocenters. The molecular weight excluding hydrogens is 264 g/mol. The average molecular weight is 282 g/mol. The third-order valence-electron chi connectivity index (χ3n) is 2.57. The summed E-state index contributed by atoms with van der Waals surface area (Å²) in [5.74, 6) is -1.05. The van der Waals surface area contributed by atoms with E-state index < -0.39 is 24.5 Å². The summed E-state index contributed by atoms with van der Waals surface area (Å²) in [5.41, 5.74) is 0.649.